The Bertz CT molecular complexity index is 444. The third-order valence-corrected chi connectivity index (χ3v) is 5.13. The summed E-state index contributed by atoms with van der Waals surface area (Å²) in [4.78, 5) is 0. The number of ether oxygens (including phenoxy) is 1. The van der Waals surface area contributed by atoms with Gasteiger partial charge in [0.2, 0.25) is 0 Å². The van der Waals surface area contributed by atoms with Crippen LogP contribution in [-0.2, 0) is 6.42 Å². The second-order valence-corrected chi connectivity index (χ2v) is 6.89. The Morgan fingerprint density at radius 3 is 2.56 bits per heavy atom. The van der Waals surface area contributed by atoms with Gasteiger partial charge in [0.05, 0.1) is 11.6 Å². The molecule has 18 heavy (non-hydrogen) atoms. The Balaban J connectivity index is 2.22. The monoisotopic (exact) mass is 311 g/mol. The minimum absolute atomic E-state index is 0.0823. The van der Waals surface area contributed by atoms with Crippen LogP contribution in [0.5, 0.6) is 5.75 Å². The maximum atomic E-state index is 6.64. The summed E-state index contributed by atoms with van der Waals surface area (Å²) in [5, 5.41) is 0. The van der Waals surface area contributed by atoms with Crippen molar-refractivity contribution in [2.24, 2.45) is 11.1 Å². The maximum absolute atomic E-state index is 6.64. The third-order valence-electron chi connectivity index (χ3n) is 4.51. The molecule has 3 heteroatoms. The Labute approximate surface area is 118 Å². The van der Waals surface area contributed by atoms with Gasteiger partial charge in [-0.2, -0.15) is 0 Å². The van der Waals surface area contributed by atoms with Crippen molar-refractivity contribution in [1.82, 2.24) is 0 Å². The number of benzene rings is 1. The van der Waals surface area contributed by atoms with E-state index in [-0.39, 0.29) is 11.0 Å². The van der Waals surface area contributed by atoms with E-state index in [0.717, 1.165) is 23.1 Å². The van der Waals surface area contributed by atoms with Gasteiger partial charge < -0.3 is 10.5 Å². The third kappa shape index (κ3) is 2.43. The standard InChI is InChI=1S/C15H22BrNO/c1-14(2)7-4-8-15(14,17)10-11-5-6-13(18-3)12(16)9-11/h5-6,9H,4,7-8,10,17H2,1-3H3. The van der Waals surface area contributed by atoms with Gasteiger partial charge in [0.25, 0.3) is 0 Å². The summed E-state index contributed by atoms with van der Waals surface area (Å²) in [7, 11) is 1.68. The van der Waals surface area contributed by atoms with E-state index in [1.165, 1.54) is 18.4 Å². The zero-order valence-electron chi connectivity index (χ0n) is 11.4. The molecule has 1 aliphatic rings. The van der Waals surface area contributed by atoms with Crippen LogP contribution in [0.4, 0.5) is 0 Å². The van der Waals surface area contributed by atoms with Crippen molar-refractivity contribution in [1.29, 1.82) is 0 Å². The molecular formula is C15H22BrNO. The van der Waals surface area contributed by atoms with Gasteiger partial charge in [0, 0.05) is 5.54 Å². The first-order chi connectivity index (χ1) is 8.38. The van der Waals surface area contributed by atoms with E-state index in [4.69, 9.17) is 10.5 Å². The molecule has 2 rings (SSSR count). The number of rotatable bonds is 3. The topological polar surface area (TPSA) is 35.2 Å². The van der Waals surface area contributed by atoms with Crippen LogP contribution < -0.4 is 10.5 Å². The van der Waals surface area contributed by atoms with Gasteiger partial charge in [0.1, 0.15) is 5.75 Å². The van der Waals surface area contributed by atoms with Crippen LogP contribution in [0.3, 0.4) is 0 Å². The van der Waals surface area contributed by atoms with E-state index in [0.29, 0.717) is 0 Å². The average Bonchev–Trinajstić information content (AvgIpc) is 2.53. The molecular weight excluding hydrogens is 290 g/mol. The smallest absolute Gasteiger partial charge is 0.133 e. The summed E-state index contributed by atoms with van der Waals surface area (Å²) in [5.41, 5.74) is 8.06. The number of hydrogen-bond acceptors (Lipinski definition) is 2. The molecule has 0 spiro atoms. The maximum Gasteiger partial charge on any atom is 0.133 e. The molecule has 0 radical (unpaired) electrons. The lowest BCUT2D eigenvalue weighted by atomic mass is 9.72. The Morgan fingerprint density at radius 1 is 1.33 bits per heavy atom. The normalized spacial score (nSPS) is 26.3. The average molecular weight is 312 g/mol. The van der Waals surface area contributed by atoms with Crippen molar-refractivity contribution in [3.63, 3.8) is 0 Å². The number of nitrogens with two attached hydrogens (primary N) is 1. The lowest BCUT2D eigenvalue weighted by Crippen LogP contribution is -2.50. The van der Waals surface area contributed by atoms with Crippen LogP contribution in [0, 0.1) is 5.41 Å². The Morgan fingerprint density at radius 2 is 2.06 bits per heavy atom. The van der Waals surface area contributed by atoms with Gasteiger partial charge >= 0.3 is 0 Å². The van der Waals surface area contributed by atoms with E-state index >= 15 is 0 Å². The molecule has 0 heterocycles. The van der Waals surface area contributed by atoms with E-state index in [1.54, 1.807) is 7.11 Å². The number of halogens is 1. The molecule has 1 aliphatic carbocycles. The fourth-order valence-electron chi connectivity index (χ4n) is 2.94. The van der Waals surface area contributed by atoms with Crippen LogP contribution >= 0.6 is 15.9 Å². The molecule has 100 valence electrons. The van der Waals surface area contributed by atoms with Crippen LogP contribution in [0.25, 0.3) is 0 Å². The minimum atomic E-state index is -0.0823. The molecule has 1 fully saturated rings. The molecule has 2 nitrogen and oxygen atoms in total. The second-order valence-electron chi connectivity index (χ2n) is 6.04. The lowest BCUT2D eigenvalue weighted by molar-refractivity contribution is 0.207. The highest BCUT2D eigenvalue weighted by Gasteiger charge is 2.45. The lowest BCUT2D eigenvalue weighted by Gasteiger charge is -2.38. The molecule has 1 aromatic carbocycles. The first-order valence-electron chi connectivity index (χ1n) is 6.49. The SMILES string of the molecule is COc1ccc(CC2(N)CCCC2(C)C)cc1Br. The van der Waals surface area contributed by atoms with Crippen LogP contribution in [0.15, 0.2) is 22.7 Å². The fraction of sp³-hybridized carbons (Fsp3) is 0.600. The summed E-state index contributed by atoms with van der Waals surface area (Å²) in [6, 6.07) is 6.25. The van der Waals surface area contributed by atoms with Crippen LogP contribution in [-0.4, -0.2) is 12.6 Å². The molecule has 1 saturated carbocycles. The van der Waals surface area contributed by atoms with Gasteiger partial charge in [-0.05, 0) is 58.3 Å². The molecule has 1 atom stereocenters. The van der Waals surface area contributed by atoms with Gasteiger partial charge in [-0.1, -0.05) is 26.3 Å². The highest BCUT2D eigenvalue weighted by Crippen LogP contribution is 2.46. The molecule has 1 unspecified atom stereocenters. The summed E-state index contributed by atoms with van der Waals surface area (Å²) in [5.74, 6) is 0.871. The number of hydrogen-bond donors (Lipinski definition) is 1. The second kappa shape index (κ2) is 4.86. The zero-order chi connectivity index (χ0) is 13.4. The van der Waals surface area contributed by atoms with E-state index in [2.05, 4.69) is 41.9 Å². The van der Waals surface area contributed by atoms with Crippen molar-refractivity contribution in [2.75, 3.05) is 7.11 Å². The largest absolute Gasteiger partial charge is 0.496 e. The predicted octanol–water partition coefficient (Wildman–Crippen LogP) is 3.91. The van der Waals surface area contributed by atoms with E-state index in [9.17, 15) is 0 Å². The quantitative estimate of drug-likeness (QED) is 0.918. The van der Waals surface area contributed by atoms with Crippen molar-refractivity contribution in [3.05, 3.63) is 28.2 Å². The first-order valence-corrected chi connectivity index (χ1v) is 7.29. The van der Waals surface area contributed by atoms with Gasteiger partial charge in [-0.25, -0.2) is 0 Å². The highest BCUT2D eigenvalue weighted by molar-refractivity contribution is 9.10. The van der Waals surface area contributed by atoms with Gasteiger partial charge in [0.15, 0.2) is 0 Å². The molecule has 0 aromatic heterocycles. The first kappa shape index (κ1) is 13.9. The zero-order valence-corrected chi connectivity index (χ0v) is 13.0. The van der Waals surface area contributed by atoms with Crippen molar-refractivity contribution in [2.45, 2.75) is 45.1 Å². The van der Waals surface area contributed by atoms with Crippen LogP contribution in [0.1, 0.15) is 38.7 Å². The molecule has 0 bridgehead atoms. The Kier molecular flexibility index (Phi) is 3.75. The number of methoxy groups -OCH3 is 1. The molecule has 0 amide bonds. The summed E-state index contributed by atoms with van der Waals surface area (Å²) < 4.78 is 6.26. The van der Waals surface area contributed by atoms with Crippen molar-refractivity contribution >= 4 is 15.9 Å². The fourth-order valence-corrected chi connectivity index (χ4v) is 3.53. The molecule has 2 N–H and O–H groups in total. The van der Waals surface area contributed by atoms with Crippen LogP contribution in [0.2, 0.25) is 0 Å². The molecule has 0 saturated heterocycles. The summed E-state index contributed by atoms with van der Waals surface area (Å²) >= 11 is 3.54. The van der Waals surface area contributed by atoms with E-state index < -0.39 is 0 Å². The summed E-state index contributed by atoms with van der Waals surface area (Å²) in [6.07, 6.45) is 4.51. The Hall–Kier alpha value is -0.540. The minimum Gasteiger partial charge on any atom is -0.496 e. The van der Waals surface area contributed by atoms with Crippen molar-refractivity contribution < 1.29 is 4.74 Å². The van der Waals surface area contributed by atoms with E-state index in [1.807, 2.05) is 6.07 Å². The van der Waals surface area contributed by atoms with Crippen molar-refractivity contribution in [3.8, 4) is 5.75 Å². The predicted molar refractivity (Wildman–Crippen MR) is 78.9 cm³/mol. The summed E-state index contributed by atoms with van der Waals surface area (Å²) in [6.45, 7) is 4.58. The highest BCUT2D eigenvalue weighted by atomic mass is 79.9. The molecule has 1 aromatic rings. The van der Waals surface area contributed by atoms with Gasteiger partial charge in [-0.3, -0.25) is 0 Å². The molecule has 0 aliphatic heterocycles. The van der Waals surface area contributed by atoms with Gasteiger partial charge in [-0.15, -0.1) is 0 Å².